The molecule has 0 radical (unpaired) electrons. The lowest BCUT2D eigenvalue weighted by molar-refractivity contribution is -0.118. The molecule has 0 fully saturated rings. The van der Waals surface area contributed by atoms with Gasteiger partial charge in [0.05, 0.1) is 5.75 Å². The quantitative estimate of drug-likeness (QED) is 0.588. The summed E-state index contributed by atoms with van der Waals surface area (Å²) in [5, 5.41) is 2.66. The van der Waals surface area contributed by atoms with Crippen molar-refractivity contribution < 1.29 is 4.79 Å². The van der Waals surface area contributed by atoms with Crippen molar-refractivity contribution in [1.29, 1.82) is 0 Å². The second kappa shape index (κ2) is 5.69. The van der Waals surface area contributed by atoms with Gasteiger partial charge in [-0.2, -0.15) is 11.8 Å². The van der Waals surface area contributed by atoms with E-state index in [9.17, 15) is 4.79 Å². The molecule has 0 rings (SSSR count). The summed E-state index contributed by atoms with van der Waals surface area (Å²) in [6, 6.07) is 0. The lowest BCUT2D eigenvalue weighted by Crippen LogP contribution is -2.24. The van der Waals surface area contributed by atoms with Gasteiger partial charge in [0.25, 0.3) is 0 Å². The van der Waals surface area contributed by atoms with E-state index in [1.165, 1.54) is 11.8 Å². The van der Waals surface area contributed by atoms with Crippen LogP contribution in [0.5, 0.6) is 0 Å². The van der Waals surface area contributed by atoms with E-state index >= 15 is 0 Å². The Bertz CT molecular complexity index is 103. The monoisotopic (exact) mass is 145 g/mol. The second-order valence-electron chi connectivity index (χ2n) is 1.53. The minimum atomic E-state index is 0.0717. The van der Waals surface area contributed by atoms with Crippen LogP contribution in [0.2, 0.25) is 0 Å². The standard InChI is InChI=1S/C6H11NOS/c1-3-4-7-6(8)5-9-2/h3H,1,4-5H2,2H3,(H,7,8). The fourth-order valence-corrected chi connectivity index (χ4v) is 0.732. The molecule has 0 aliphatic heterocycles. The van der Waals surface area contributed by atoms with Gasteiger partial charge in [0, 0.05) is 6.54 Å². The first-order valence-electron chi connectivity index (χ1n) is 2.67. The molecule has 0 aliphatic carbocycles. The van der Waals surface area contributed by atoms with Crippen LogP contribution >= 0.6 is 11.8 Å². The molecule has 0 aromatic carbocycles. The highest BCUT2D eigenvalue weighted by atomic mass is 32.2. The third-order valence-corrected chi connectivity index (χ3v) is 1.27. The normalized spacial score (nSPS) is 8.56. The van der Waals surface area contributed by atoms with Crippen molar-refractivity contribution in [2.75, 3.05) is 18.6 Å². The fraction of sp³-hybridized carbons (Fsp3) is 0.500. The van der Waals surface area contributed by atoms with E-state index in [0.29, 0.717) is 12.3 Å². The molecule has 1 N–H and O–H groups in total. The molecule has 0 aromatic rings. The van der Waals surface area contributed by atoms with Crippen molar-refractivity contribution in [3.05, 3.63) is 12.7 Å². The molecule has 9 heavy (non-hydrogen) atoms. The first-order valence-corrected chi connectivity index (χ1v) is 4.07. The van der Waals surface area contributed by atoms with Gasteiger partial charge in [-0.05, 0) is 6.26 Å². The Morgan fingerprint density at radius 3 is 3.00 bits per heavy atom. The maximum absolute atomic E-state index is 10.6. The highest BCUT2D eigenvalue weighted by molar-refractivity contribution is 7.99. The summed E-state index contributed by atoms with van der Waals surface area (Å²) in [4.78, 5) is 10.6. The Labute approximate surface area is 59.7 Å². The molecule has 0 saturated heterocycles. The number of amides is 1. The topological polar surface area (TPSA) is 29.1 Å². The van der Waals surface area contributed by atoms with Crippen LogP contribution in [0.15, 0.2) is 12.7 Å². The van der Waals surface area contributed by atoms with Crippen LogP contribution in [-0.2, 0) is 4.79 Å². The molecular weight excluding hydrogens is 134 g/mol. The lowest BCUT2D eigenvalue weighted by atomic mass is 10.6. The molecule has 1 amide bonds. The predicted octanol–water partition coefficient (Wildman–Crippen LogP) is 0.652. The molecular formula is C6H11NOS. The summed E-state index contributed by atoms with van der Waals surface area (Å²) in [5.41, 5.74) is 0. The van der Waals surface area contributed by atoms with Gasteiger partial charge in [0.2, 0.25) is 5.91 Å². The minimum Gasteiger partial charge on any atom is -0.352 e. The van der Waals surface area contributed by atoms with Crippen molar-refractivity contribution in [2.24, 2.45) is 0 Å². The average molecular weight is 145 g/mol. The first kappa shape index (κ1) is 8.56. The molecule has 0 unspecified atom stereocenters. The highest BCUT2D eigenvalue weighted by Crippen LogP contribution is 1.88. The van der Waals surface area contributed by atoms with Crippen LogP contribution in [-0.4, -0.2) is 24.5 Å². The van der Waals surface area contributed by atoms with Gasteiger partial charge >= 0.3 is 0 Å². The Kier molecular flexibility index (Phi) is 5.41. The zero-order valence-corrected chi connectivity index (χ0v) is 6.33. The van der Waals surface area contributed by atoms with E-state index in [2.05, 4.69) is 11.9 Å². The molecule has 0 aliphatic rings. The number of thioether (sulfide) groups is 1. The van der Waals surface area contributed by atoms with Crippen molar-refractivity contribution >= 4 is 17.7 Å². The van der Waals surface area contributed by atoms with Gasteiger partial charge in [-0.1, -0.05) is 6.08 Å². The number of hydrogen-bond acceptors (Lipinski definition) is 2. The van der Waals surface area contributed by atoms with E-state index in [4.69, 9.17) is 0 Å². The number of carbonyl (C=O) groups is 1. The Hall–Kier alpha value is -0.440. The van der Waals surface area contributed by atoms with E-state index in [0.717, 1.165) is 0 Å². The van der Waals surface area contributed by atoms with Crippen LogP contribution in [0.3, 0.4) is 0 Å². The van der Waals surface area contributed by atoms with Crippen molar-refractivity contribution in [2.45, 2.75) is 0 Å². The zero-order valence-electron chi connectivity index (χ0n) is 5.52. The number of nitrogens with one attached hydrogen (secondary N) is 1. The van der Waals surface area contributed by atoms with Crippen molar-refractivity contribution in [3.63, 3.8) is 0 Å². The third kappa shape index (κ3) is 5.43. The highest BCUT2D eigenvalue weighted by Gasteiger charge is 1.93. The summed E-state index contributed by atoms with van der Waals surface area (Å²) < 4.78 is 0. The first-order chi connectivity index (χ1) is 4.31. The van der Waals surface area contributed by atoms with Gasteiger partial charge in [0.1, 0.15) is 0 Å². The summed E-state index contributed by atoms with van der Waals surface area (Å²) in [6.07, 6.45) is 3.56. The Morgan fingerprint density at radius 2 is 2.56 bits per heavy atom. The SMILES string of the molecule is C=CCNC(=O)CSC. The molecule has 3 heteroatoms. The summed E-state index contributed by atoms with van der Waals surface area (Å²) in [5.74, 6) is 0.607. The van der Waals surface area contributed by atoms with Crippen LogP contribution in [0.4, 0.5) is 0 Å². The van der Waals surface area contributed by atoms with Crippen LogP contribution in [0.1, 0.15) is 0 Å². The molecule has 0 bridgehead atoms. The molecule has 0 atom stereocenters. The molecule has 0 saturated carbocycles. The smallest absolute Gasteiger partial charge is 0.230 e. The summed E-state index contributed by atoms with van der Waals surface area (Å²) in [7, 11) is 0. The van der Waals surface area contributed by atoms with Gasteiger partial charge in [-0.25, -0.2) is 0 Å². The largest absolute Gasteiger partial charge is 0.352 e. The molecule has 0 aromatic heterocycles. The van der Waals surface area contributed by atoms with E-state index < -0.39 is 0 Å². The van der Waals surface area contributed by atoms with Gasteiger partial charge in [0.15, 0.2) is 0 Å². The van der Waals surface area contributed by atoms with Gasteiger partial charge < -0.3 is 5.32 Å². The zero-order chi connectivity index (χ0) is 7.11. The minimum absolute atomic E-state index is 0.0717. The average Bonchev–Trinajstić information content (AvgIpc) is 1.85. The third-order valence-electron chi connectivity index (χ3n) is 0.719. The number of carbonyl (C=O) groups excluding carboxylic acids is 1. The van der Waals surface area contributed by atoms with Crippen LogP contribution in [0, 0.1) is 0 Å². The second-order valence-corrected chi connectivity index (χ2v) is 2.39. The lowest BCUT2D eigenvalue weighted by Gasteiger charge is -1.97. The maximum atomic E-state index is 10.6. The van der Waals surface area contributed by atoms with Crippen LogP contribution in [0.25, 0.3) is 0 Å². The van der Waals surface area contributed by atoms with Crippen LogP contribution < -0.4 is 5.32 Å². The van der Waals surface area contributed by atoms with Gasteiger partial charge in [-0.15, -0.1) is 6.58 Å². The van der Waals surface area contributed by atoms with Gasteiger partial charge in [-0.3, -0.25) is 4.79 Å². The molecule has 2 nitrogen and oxygen atoms in total. The summed E-state index contributed by atoms with van der Waals surface area (Å²) in [6.45, 7) is 4.04. The summed E-state index contributed by atoms with van der Waals surface area (Å²) >= 11 is 1.51. The maximum Gasteiger partial charge on any atom is 0.230 e. The Morgan fingerprint density at radius 1 is 1.89 bits per heavy atom. The molecule has 52 valence electrons. The van der Waals surface area contributed by atoms with Crippen molar-refractivity contribution in [3.8, 4) is 0 Å². The predicted molar refractivity (Wildman–Crippen MR) is 41.6 cm³/mol. The Balaban J connectivity index is 3.16. The molecule has 0 spiro atoms. The van der Waals surface area contributed by atoms with E-state index in [1.807, 2.05) is 6.26 Å². The number of hydrogen-bond donors (Lipinski definition) is 1. The van der Waals surface area contributed by atoms with E-state index in [1.54, 1.807) is 6.08 Å². The fourth-order valence-electron chi connectivity index (χ4n) is 0.368. The number of rotatable bonds is 4. The van der Waals surface area contributed by atoms with E-state index in [-0.39, 0.29) is 5.91 Å². The van der Waals surface area contributed by atoms with Crippen molar-refractivity contribution in [1.82, 2.24) is 5.32 Å². The molecule has 0 heterocycles.